The van der Waals surface area contributed by atoms with Crippen molar-refractivity contribution >= 4 is 11.7 Å². The van der Waals surface area contributed by atoms with Crippen LogP contribution in [-0.4, -0.2) is 35.5 Å². The summed E-state index contributed by atoms with van der Waals surface area (Å²) in [4.78, 5) is 24.4. The lowest BCUT2D eigenvalue weighted by Crippen LogP contribution is -2.49. The summed E-state index contributed by atoms with van der Waals surface area (Å²) in [6.45, 7) is 2.83. The predicted molar refractivity (Wildman–Crippen MR) is 127 cm³/mol. The quantitative estimate of drug-likeness (QED) is 0.464. The highest BCUT2D eigenvalue weighted by molar-refractivity contribution is 5.81. The number of amides is 1. The Balaban J connectivity index is 1.62. The Morgan fingerprint density at radius 1 is 1.12 bits per heavy atom. The zero-order valence-corrected chi connectivity index (χ0v) is 19.7. The van der Waals surface area contributed by atoms with Gasteiger partial charge in [-0.15, -0.1) is 0 Å². The van der Waals surface area contributed by atoms with Crippen molar-refractivity contribution in [1.29, 1.82) is 0 Å². The summed E-state index contributed by atoms with van der Waals surface area (Å²) in [6.07, 6.45) is 2.81. The van der Waals surface area contributed by atoms with Crippen molar-refractivity contribution in [2.24, 2.45) is 5.92 Å². The molecule has 1 unspecified atom stereocenters. The number of rotatable bonds is 11. The molecule has 34 heavy (non-hydrogen) atoms. The maximum Gasteiger partial charge on any atom is 0.220 e. The van der Waals surface area contributed by atoms with Crippen LogP contribution in [0.5, 0.6) is 0 Å². The number of nitrogens with one attached hydrogen (secondary N) is 2. The Kier molecular flexibility index (Phi) is 9.72. The Morgan fingerprint density at radius 2 is 1.85 bits per heavy atom. The van der Waals surface area contributed by atoms with Crippen LogP contribution in [0, 0.1) is 17.6 Å². The lowest BCUT2D eigenvalue weighted by atomic mass is 9.86. The molecule has 3 N–H and O–H groups in total. The molecule has 1 saturated carbocycles. The van der Waals surface area contributed by atoms with Gasteiger partial charge in [0.15, 0.2) is 0 Å². The third-order valence-electron chi connectivity index (χ3n) is 6.33. The molecule has 3 atom stereocenters. The molecule has 1 aliphatic rings. The summed E-state index contributed by atoms with van der Waals surface area (Å²) < 4.78 is 27.4. The molecule has 2 aromatic carbocycles. The van der Waals surface area contributed by atoms with Crippen LogP contribution in [0.25, 0.3) is 0 Å². The van der Waals surface area contributed by atoms with Gasteiger partial charge in [-0.3, -0.25) is 9.59 Å². The number of ketones is 1. The molecule has 7 heteroatoms. The molecule has 0 bridgehead atoms. The van der Waals surface area contributed by atoms with Gasteiger partial charge < -0.3 is 15.7 Å². The maximum atomic E-state index is 13.7. The number of carbonyl (C=O) groups excluding carboxylic acids is 2. The summed E-state index contributed by atoms with van der Waals surface area (Å²) in [6, 6.07) is 10.6. The van der Waals surface area contributed by atoms with E-state index >= 15 is 0 Å². The first-order chi connectivity index (χ1) is 16.3. The second-order valence-corrected chi connectivity index (χ2v) is 9.23. The van der Waals surface area contributed by atoms with Gasteiger partial charge in [-0.2, -0.15) is 0 Å². The van der Waals surface area contributed by atoms with Crippen molar-refractivity contribution in [3.8, 4) is 0 Å². The Morgan fingerprint density at radius 3 is 2.56 bits per heavy atom. The number of aryl methyl sites for hydroxylation is 1. The van der Waals surface area contributed by atoms with E-state index in [2.05, 4.69) is 29.7 Å². The monoisotopic (exact) mass is 472 g/mol. The van der Waals surface area contributed by atoms with Crippen molar-refractivity contribution < 1.29 is 23.5 Å². The maximum absolute atomic E-state index is 13.7. The van der Waals surface area contributed by atoms with Gasteiger partial charge in [0.05, 0.1) is 12.1 Å². The molecule has 0 aliphatic heterocycles. The topological polar surface area (TPSA) is 78.4 Å². The first kappa shape index (κ1) is 26.0. The Labute approximate surface area is 200 Å². The van der Waals surface area contributed by atoms with Gasteiger partial charge in [0, 0.05) is 38.4 Å². The molecule has 2 aromatic rings. The van der Waals surface area contributed by atoms with Crippen LogP contribution in [0.2, 0.25) is 0 Å². The highest BCUT2D eigenvalue weighted by atomic mass is 19.1. The van der Waals surface area contributed by atoms with E-state index in [1.165, 1.54) is 17.7 Å². The Hall–Kier alpha value is -2.64. The first-order valence-electron chi connectivity index (χ1n) is 12.0. The van der Waals surface area contributed by atoms with Crippen molar-refractivity contribution in [1.82, 2.24) is 10.6 Å². The molecule has 1 fully saturated rings. The van der Waals surface area contributed by atoms with Gasteiger partial charge in [-0.1, -0.05) is 31.2 Å². The first-order valence-corrected chi connectivity index (χ1v) is 12.0. The summed E-state index contributed by atoms with van der Waals surface area (Å²) in [5.41, 5.74) is 2.66. The van der Waals surface area contributed by atoms with Crippen LogP contribution in [0.4, 0.5) is 8.78 Å². The number of hydrogen-bond donors (Lipinski definition) is 3. The van der Waals surface area contributed by atoms with Crippen molar-refractivity contribution in [2.45, 2.75) is 70.6 Å². The van der Waals surface area contributed by atoms with Crippen molar-refractivity contribution in [3.05, 3.63) is 70.8 Å². The minimum atomic E-state index is -0.974. The minimum Gasteiger partial charge on any atom is -0.390 e. The van der Waals surface area contributed by atoms with Gasteiger partial charge in [-0.05, 0) is 60.4 Å². The van der Waals surface area contributed by atoms with E-state index in [0.717, 1.165) is 30.9 Å². The van der Waals surface area contributed by atoms with Crippen LogP contribution in [0.1, 0.15) is 55.7 Å². The predicted octanol–water partition coefficient (Wildman–Crippen LogP) is 3.85. The molecule has 3 rings (SSSR count). The molecule has 0 saturated heterocycles. The molecule has 1 amide bonds. The van der Waals surface area contributed by atoms with Crippen LogP contribution >= 0.6 is 0 Å². The summed E-state index contributed by atoms with van der Waals surface area (Å²) >= 11 is 0. The molecule has 0 heterocycles. The van der Waals surface area contributed by atoms with Crippen LogP contribution in [0.3, 0.4) is 0 Å². The highest BCUT2D eigenvalue weighted by Gasteiger charge is 2.26. The van der Waals surface area contributed by atoms with Gasteiger partial charge in [0.25, 0.3) is 0 Å². The number of carbonyl (C=O) groups is 2. The van der Waals surface area contributed by atoms with E-state index in [9.17, 15) is 23.5 Å². The fourth-order valence-corrected chi connectivity index (χ4v) is 4.55. The smallest absolute Gasteiger partial charge is 0.220 e. The molecule has 5 nitrogen and oxygen atoms in total. The second-order valence-electron chi connectivity index (χ2n) is 9.23. The molecule has 0 spiro atoms. The molecule has 184 valence electrons. The number of aliphatic hydroxyl groups excluding tert-OH is 1. The van der Waals surface area contributed by atoms with Gasteiger partial charge in [-0.25, -0.2) is 8.78 Å². The zero-order chi connectivity index (χ0) is 24.5. The fraction of sp³-hybridized carbons (Fsp3) is 0.481. The molecule has 0 aromatic heterocycles. The SMILES string of the molecule is CCc1cccc(CNC[C@@H](O)[C@H](Cc2cc(F)cc(F)c2)NC(=O)CC2CCCC(=O)C2)c1. The highest BCUT2D eigenvalue weighted by Crippen LogP contribution is 2.24. The summed E-state index contributed by atoms with van der Waals surface area (Å²) in [7, 11) is 0. The van der Waals surface area contributed by atoms with Gasteiger partial charge in [0.1, 0.15) is 17.4 Å². The summed E-state index contributed by atoms with van der Waals surface area (Å²) in [5, 5.41) is 16.9. The van der Waals surface area contributed by atoms with Crippen LogP contribution in [0.15, 0.2) is 42.5 Å². The van der Waals surface area contributed by atoms with Gasteiger partial charge >= 0.3 is 0 Å². The summed E-state index contributed by atoms with van der Waals surface area (Å²) in [5.74, 6) is -1.51. The average Bonchev–Trinajstić information content (AvgIpc) is 2.78. The Bertz CT molecular complexity index is 962. The van der Waals surface area contributed by atoms with Crippen LogP contribution < -0.4 is 10.6 Å². The number of aliphatic hydroxyl groups is 1. The molecular formula is C27H34F2N2O3. The van der Waals surface area contributed by atoms with E-state index in [1.807, 2.05) is 12.1 Å². The number of halogens is 2. The zero-order valence-electron chi connectivity index (χ0n) is 19.7. The van der Waals surface area contributed by atoms with Gasteiger partial charge in [0.2, 0.25) is 5.91 Å². The third kappa shape index (κ3) is 8.29. The number of Topliss-reactive ketones (excluding diaryl/α,β-unsaturated/α-hetero) is 1. The van der Waals surface area contributed by atoms with Crippen molar-refractivity contribution in [2.75, 3.05) is 6.54 Å². The van der Waals surface area contributed by atoms with E-state index in [4.69, 9.17) is 0 Å². The molecule has 1 aliphatic carbocycles. The fourth-order valence-electron chi connectivity index (χ4n) is 4.55. The van der Waals surface area contributed by atoms with E-state index in [0.29, 0.717) is 24.9 Å². The van der Waals surface area contributed by atoms with Crippen molar-refractivity contribution in [3.63, 3.8) is 0 Å². The average molecular weight is 473 g/mol. The van der Waals surface area contributed by atoms with E-state index < -0.39 is 23.8 Å². The lowest BCUT2D eigenvalue weighted by Gasteiger charge is -2.27. The third-order valence-corrected chi connectivity index (χ3v) is 6.33. The molecule has 0 radical (unpaired) electrons. The van der Waals surface area contributed by atoms with Crippen LogP contribution in [-0.2, 0) is 29.0 Å². The molecular weight excluding hydrogens is 438 g/mol. The normalized spacial score (nSPS) is 17.9. The lowest BCUT2D eigenvalue weighted by molar-refractivity contribution is -0.125. The minimum absolute atomic E-state index is 0.00498. The van der Waals surface area contributed by atoms with E-state index in [-0.39, 0.29) is 37.0 Å². The largest absolute Gasteiger partial charge is 0.390 e. The standard InChI is InChI=1S/C27H34F2N2O3/c1-2-18-5-3-7-20(9-18)16-30-17-26(33)25(13-21-10-22(28)15-23(29)11-21)31-27(34)14-19-6-4-8-24(32)12-19/h3,5,7,9-11,15,19,25-26,30,33H,2,4,6,8,12-14,16-17H2,1H3,(H,31,34)/t19?,25-,26+/m0/s1. The second kappa shape index (κ2) is 12.7. The number of benzene rings is 2. The number of hydrogen-bond acceptors (Lipinski definition) is 4. The van der Waals surface area contributed by atoms with E-state index in [1.54, 1.807) is 0 Å².